The molecule has 1 aromatic carbocycles. The van der Waals surface area contributed by atoms with Crippen molar-refractivity contribution in [1.29, 1.82) is 0 Å². The fourth-order valence-electron chi connectivity index (χ4n) is 6.48. The van der Waals surface area contributed by atoms with E-state index < -0.39 is 27.0 Å². The minimum atomic E-state index is -3.51. The highest BCUT2D eigenvalue weighted by Gasteiger charge is 2.47. The fraction of sp³-hybridized carbons (Fsp3) is 0.500. The Morgan fingerprint density at radius 1 is 1.25 bits per heavy atom. The van der Waals surface area contributed by atoms with Crippen molar-refractivity contribution < 1.29 is 18.0 Å². The second-order valence-electron chi connectivity index (χ2n) is 11.9. The maximum atomic E-state index is 13.6. The summed E-state index contributed by atoms with van der Waals surface area (Å²) in [6.07, 6.45) is 12.1. The molecule has 2 aliphatic carbocycles. The Labute approximate surface area is 232 Å². The third-order valence-corrected chi connectivity index (χ3v) is 9.56. The van der Waals surface area contributed by atoms with Crippen LogP contribution in [0.1, 0.15) is 58.9 Å². The second kappa shape index (κ2) is 9.18. The third-order valence-electron chi connectivity index (χ3n) is 8.77. The van der Waals surface area contributed by atoms with Gasteiger partial charge in [-0.25, -0.2) is 18.1 Å². The molecule has 2 amide bonds. The van der Waals surface area contributed by atoms with E-state index in [1.165, 1.54) is 24.1 Å². The van der Waals surface area contributed by atoms with Crippen molar-refractivity contribution in [3.63, 3.8) is 0 Å². The number of sulfone groups is 1. The third kappa shape index (κ3) is 4.57. The summed E-state index contributed by atoms with van der Waals surface area (Å²) < 4.78 is 27.3. The number of hydrogen-bond acceptors (Lipinski definition) is 7. The van der Waals surface area contributed by atoms with Crippen molar-refractivity contribution in [2.24, 2.45) is 5.92 Å². The van der Waals surface area contributed by atoms with Crippen LogP contribution >= 0.6 is 0 Å². The summed E-state index contributed by atoms with van der Waals surface area (Å²) in [7, 11) is -3.51. The number of carbonyl (C=O) groups excluding carboxylic acids is 2. The molecule has 2 N–H and O–H groups in total. The smallest absolute Gasteiger partial charge is 0.257 e. The average molecular weight is 564 g/mol. The standard InChI is InChI=1S/C28H33N7O4S/c1-40(38,39)16-24(36)30-26-25-23(32-35(26)10-7-18-2-3-18)13-28(31-27(25)37)8-6-19-12-20(4-5-22(19)28)34-14-21(15-34)33-11-9-29-17-33/h4-5,9,11-12,17-18,21H,2-3,6-8,10,13-16H2,1H3,(H,30,36)(H,31,37)/t28-/m1/s1. The van der Waals surface area contributed by atoms with Crippen LogP contribution in [0.5, 0.6) is 0 Å². The second-order valence-corrected chi connectivity index (χ2v) is 14.0. The number of imidazole rings is 1. The van der Waals surface area contributed by atoms with Crippen molar-refractivity contribution in [3.8, 4) is 0 Å². The summed E-state index contributed by atoms with van der Waals surface area (Å²) in [5.41, 5.74) is 4.00. The first-order chi connectivity index (χ1) is 19.2. The molecule has 1 saturated heterocycles. The summed E-state index contributed by atoms with van der Waals surface area (Å²) in [5, 5.41) is 10.8. The van der Waals surface area contributed by atoms with E-state index in [1.807, 2.05) is 18.7 Å². The number of benzene rings is 1. The van der Waals surface area contributed by atoms with Gasteiger partial charge in [-0.05, 0) is 48.4 Å². The number of hydrogen-bond donors (Lipinski definition) is 2. The van der Waals surface area contributed by atoms with Crippen LogP contribution in [0.2, 0.25) is 0 Å². The lowest BCUT2D eigenvalue weighted by atomic mass is 9.82. The Balaban J connectivity index is 1.14. The zero-order valence-electron chi connectivity index (χ0n) is 22.5. The number of nitrogens with zero attached hydrogens (tertiary/aromatic N) is 5. The first-order valence-electron chi connectivity index (χ1n) is 13.9. The van der Waals surface area contributed by atoms with Gasteiger partial charge in [0.2, 0.25) is 5.91 Å². The molecule has 2 aliphatic heterocycles. The van der Waals surface area contributed by atoms with Crippen molar-refractivity contribution >= 4 is 33.2 Å². The monoisotopic (exact) mass is 563 g/mol. The molecule has 40 heavy (non-hydrogen) atoms. The molecule has 11 nitrogen and oxygen atoms in total. The number of anilines is 2. The van der Waals surface area contributed by atoms with E-state index in [0.29, 0.717) is 42.0 Å². The number of aryl methyl sites for hydroxylation is 2. The minimum absolute atomic E-state index is 0.281. The Morgan fingerprint density at radius 3 is 2.80 bits per heavy atom. The Morgan fingerprint density at radius 2 is 2.08 bits per heavy atom. The van der Waals surface area contributed by atoms with Gasteiger partial charge in [-0.1, -0.05) is 18.9 Å². The fourth-order valence-corrected chi connectivity index (χ4v) is 7.03. The Bertz CT molecular complexity index is 1600. The van der Waals surface area contributed by atoms with Crippen LogP contribution < -0.4 is 15.5 Å². The SMILES string of the molecule is CS(=O)(=O)CC(=O)Nc1c2c(nn1CCC1CC1)C[C@@]1(CCc3cc(N4CC(n5ccnc5)C4)ccc31)NC2=O. The number of carbonyl (C=O) groups is 2. The van der Waals surface area contributed by atoms with Gasteiger partial charge in [0.15, 0.2) is 9.84 Å². The summed E-state index contributed by atoms with van der Waals surface area (Å²) in [4.78, 5) is 32.7. The molecular weight excluding hydrogens is 530 g/mol. The lowest BCUT2D eigenvalue weighted by Gasteiger charge is -2.42. The molecular formula is C28H33N7O4S. The lowest BCUT2D eigenvalue weighted by molar-refractivity contribution is -0.113. The number of nitrogens with one attached hydrogen (secondary N) is 2. The summed E-state index contributed by atoms with van der Waals surface area (Å²) in [6, 6.07) is 6.97. The highest BCUT2D eigenvalue weighted by atomic mass is 32.2. The molecule has 1 saturated carbocycles. The van der Waals surface area contributed by atoms with E-state index in [-0.39, 0.29) is 5.91 Å². The van der Waals surface area contributed by atoms with Crippen LogP contribution in [0, 0.1) is 5.92 Å². The zero-order chi connectivity index (χ0) is 27.6. The molecule has 0 bridgehead atoms. The number of fused-ring (bicyclic) bond motifs is 3. The minimum Gasteiger partial charge on any atom is -0.367 e. The first-order valence-corrected chi connectivity index (χ1v) is 16.0. The first kappa shape index (κ1) is 25.3. The molecule has 3 aromatic rings. The van der Waals surface area contributed by atoms with Gasteiger partial charge in [-0.15, -0.1) is 0 Å². The largest absolute Gasteiger partial charge is 0.367 e. The predicted molar refractivity (Wildman–Crippen MR) is 149 cm³/mol. The summed E-state index contributed by atoms with van der Waals surface area (Å²) >= 11 is 0. The molecule has 1 atom stereocenters. The maximum absolute atomic E-state index is 13.6. The Hall–Kier alpha value is -3.67. The topological polar surface area (TPSA) is 131 Å². The summed E-state index contributed by atoms with van der Waals surface area (Å²) in [5.74, 6) is -0.645. The molecule has 4 aliphatic rings. The van der Waals surface area contributed by atoms with Gasteiger partial charge in [0, 0.05) is 50.4 Å². The quantitative estimate of drug-likeness (QED) is 0.429. The normalized spacial score (nSPS) is 22.1. The number of rotatable bonds is 8. The van der Waals surface area contributed by atoms with E-state index in [9.17, 15) is 18.0 Å². The number of aromatic nitrogens is 4. The van der Waals surface area contributed by atoms with Gasteiger partial charge in [0.05, 0.1) is 23.6 Å². The van der Waals surface area contributed by atoms with E-state index in [0.717, 1.165) is 44.2 Å². The van der Waals surface area contributed by atoms with Crippen LogP contribution in [-0.2, 0) is 39.6 Å². The molecule has 0 unspecified atom stereocenters. The molecule has 1 spiro atoms. The maximum Gasteiger partial charge on any atom is 0.257 e. The Kier molecular flexibility index (Phi) is 5.81. The molecule has 2 aromatic heterocycles. The zero-order valence-corrected chi connectivity index (χ0v) is 23.3. The van der Waals surface area contributed by atoms with Crippen molar-refractivity contribution in [2.45, 2.75) is 56.7 Å². The average Bonchev–Trinajstić information content (AvgIpc) is 3.24. The molecule has 0 radical (unpaired) electrons. The van der Waals surface area contributed by atoms with E-state index in [4.69, 9.17) is 5.10 Å². The van der Waals surface area contributed by atoms with Gasteiger partial charge < -0.3 is 20.1 Å². The van der Waals surface area contributed by atoms with Gasteiger partial charge in [-0.3, -0.25) is 9.59 Å². The van der Waals surface area contributed by atoms with Crippen LogP contribution in [-0.4, -0.2) is 64.7 Å². The van der Waals surface area contributed by atoms with Crippen molar-refractivity contribution in [3.05, 3.63) is 59.3 Å². The van der Waals surface area contributed by atoms with E-state index in [1.54, 1.807) is 4.68 Å². The molecule has 12 heteroatoms. The molecule has 2 fully saturated rings. The van der Waals surface area contributed by atoms with E-state index in [2.05, 4.69) is 43.3 Å². The highest BCUT2D eigenvalue weighted by molar-refractivity contribution is 7.91. The molecule has 210 valence electrons. The predicted octanol–water partition coefficient (Wildman–Crippen LogP) is 2.05. The van der Waals surface area contributed by atoms with Gasteiger partial charge in [-0.2, -0.15) is 5.10 Å². The van der Waals surface area contributed by atoms with Crippen LogP contribution in [0.4, 0.5) is 11.5 Å². The van der Waals surface area contributed by atoms with Crippen LogP contribution in [0.15, 0.2) is 36.9 Å². The van der Waals surface area contributed by atoms with Crippen LogP contribution in [0.25, 0.3) is 0 Å². The molecule has 4 heterocycles. The van der Waals surface area contributed by atoms with Gasteiger partial charge >= 0.3 is 0 Å². The van der Waals surface area contributed by atoms with Crippen LogP contribution in [0.3, 0.4) is 0 Å². The number of amides is 2. The van der Waals surface area contributed by atoms with E-state index >= 15 is 0 Å². The van der Waals surface area contributed by atoms with Gasteiger partial charge in [0.1, 0.15) is 17.1 Å². The van der Waals surface area contributed by atoms with Gasteiger partial charge in [0.25, 0.3) is 5.91 Å². The van der Waals surface area contributed by atoms with Crippen molar-refractivity contribution in [2.75, 3.05) is 35.3 Å². The summed E-state index contributed by atoms with van der Waals surface area (Å²) in [6.45, 7) is 2.45. The molecule has 7 rings (SSSR count). The lowest BCUT2D eigenvalue weighted by Crippen LogP contribution is -2.50. The van der Waals surface area contributed by atoms with Crippen molar-refractivity contribution in [1.82, 2.24) is 24.6 Å². The highest BCUT2D eigenvalue weighted by Crippen LogP contribution is 2.45.